The summed E-state index contributed by atoms with van der Waals surface area (Å²) in [6.07, 6.45) is 0. The molecule has 0 radical (unpaired) electrons. The first-order chi connectivity index (χ1) is 8.59. The maximum absolute atomic E-state index is 12.0. The fourth-order valence-electron chi connectivity index (χ4n) is 1.45. The van der Waals surface area contributed by atoms with Crippen molar-refractivity contribution in [2.75, 3.05) is 5.06 Å². The molecule has 92 valence electrons. The van der Waals surface area contributed by atoms with Crippen molar-refractivity contribution in [3.63, 3.8) is 0 Å². The van der Waals surface area contributed by atoms with Gasteiger partial charge in [-0.2, -0.15) is 5.06 Å². The van der Waals surface area contributed by atoms with Crippen LogP contribution in [0.15, 0.2) is 48.5 Å². The van der Waals surface area contributed by atoms with Gasteiger partial charge in [-0.15, -0.1) is 0 Å². The van der Waals surface area contributed by atoms with Crippen LogP contribution in [0.5, 0.6) is 0 Å². The number of amides is 1. The van der Waals surface area contributed by atoms with E-state index in [9.17, 15) is 10.0 Å². The van der Waals surface area contributed by atoms with Gasteiger partial charge in [0.2, 0.25) is 0 Å². The molecule has 0 aliphatic rings. The SMILES string of the molecule is O=C(c1ccc(I)cc1)N(O)c1ccccc1Cl. The fourth-order valence-corrected chi connectivity index (χ4v) is 2.02. The molecular formula is C13H9ClINO2. The van der Waals surface area contributed by atoms with Crippen molar-refractivity contribution in [3.05, 3.63) is 62.7 Å². The molecule has 0 fully saturated rings. The predicted octanol–water partition coefficient (Wildman–Crippen LogP) is 3.98. The van der Waals surface area contributed by atoms with Crippen LogP contribution in [-0.4, -0.2) is 11.1 Å². The van der Waals surface area contributed by atoms with Crippen LogP contribution < -0.4 is 5.06 Å². The second kappa shape index (κ2) is 5.69. The zero-order valence-electron chi connectivity index (χ0n) is 9.18. The number of hydroxylamine groups is 1. The number of halogens is 2. The quantitative estimate of drug-likeness (QED) is 0.491. The van der Waals surface area contributed by atoms with Crippen LogP contribution in [0.3, 0.4) is 0 Å². The van der Waals surface area contributed by atoms with E-state index in [2.05, 4.69) is 22.6 Å². The number of carbonyl (C=O) groups is 1. The topological polar surface area (TPSA) is 40.5 Å². The second-order valence-electron chi connectivity index (χ2n) is 3.58. The third-order valence-corrected chi connectivity index (χ3v) is 3.40. The van der Waals surface area contributed by atoms with Gasteiger partial charge in [0.1, 0.15) is 0 Å². The first-order valence-electron chi connectivity index (χ1n) is 5.13. The van der Waals surface area contributed by atoms with Crippen molar-refractivity contribution in [2.24, 2.45) is 0 Å². The van der Waals surface area contributed by atoms with Crippen molar-refractivity contribution >= 4 is 45.8 Å². The summed E-state index contributed by atoms with van der Waals surface area (Å²) < 4.78 is 1.02. The molecule has 2 aromatic carbocycles. The highest BCUT2D eigenvalue weighted by atomic mass is 127. The molecule has 1 amide bonds. The Morgan fingerprint density at radius 3 is 2.33 bits per heavy atom. The Bertz CT molecular complexity index is 571. The predicted molar refractivity (Wildman–Crippen MR) is 79.2 cm³/mol. The van der Waals surface area contributed by atoms with E-state index in [-0.39, 0.29) is 5.69 Å². The fraction of sp³-hybridized carbons (Fsp3) is 0. The molecule has 2 rings (SSSR count). The summed E-state index contributed by atoms with van der Waals surface area (Å²) in [6, 6.07) is 13.5. The van der Waals surface area contributed by atoms with Gasteiger partial charge in [0.05, 0.1) is 10.7 Å². The monoisotopic (exact) mass is 373 g/mol. The smallest absolute Gasteiger partial charge is 0.281 e. The van der Waals surface area contributed by atoms with Gasteiger partial charge in [-0.3, -0.25) is 10.0 Å². The van der Waals surface area contributed by atoms with E-state index in [0.29, 0.717) is 15.6 Å². The first kappa shape index (κ1) is 13.3. The summed E-state index contributed by atoms with van der Waals surface area (Å²) in [5.41, 5.74) is 0.667. The number of nitrogens with zero attached hydrogens (tertiary/aromatic N) is 1. The zero-order valence-corrected chi connectivity index (χ0v) is 12.1. The molecular weight excluding hydrogens is 365 g/mol. The number of rotatable bonds is 2. The van der Waals surface area contributed by atoms with Crippen LogP contribution in [0, 0.1) is 3.57 Å². The van der Waals surface area contributed by atoms with Crippen molar-refractivity contribution < 1.29 is 10.0 Å². The number of carbonyl (C=O) groups excluding carboxylic acids is 1. The molecule has 1 N–H and O–H groups in total. The maximum atomic E-state index is 12.0. The Kier molecular flexibility index (Phi) is 4.21. The van der Waals surface area contributed by atoms with E-state index < -0.39 is 5.91 Å². The van der Waals surface area contributed by atoms with Crippen LogP contribution in [0.1, 0.15) is 10.4 Å². The molecule has 18 heavy (non-hydrogen) atoms. The maximum Gasteiger partial charge on any atom is 0.282 e. The van der Waals surface area contributed by atoms with Crippen molar-refractivity contribution in [1.82, 2.24) is 0 Å². The Hall–Kier alpha value is -1.11. The summed E-state index contributed by atoms with van der Waals surface area (Å²) in [5, 5.41) is 10.8. The second-order valence-corrected chi connectivity index (χ2v) is 5.23. The number of anilines is 1. The highest BCUT2D eigenvalue weighted by Crippen LogP contribution is 2.25. The molecule has 2 aromatic rings. The lowest BCUT2D eigenvalue weighted by Gasteiger charge is -2.16. The average Bonchev–Trinajstić information content (AvgIpc) is 2.38. The minimum Gasteiger partial charge on any atom is -0.281 e. The lowest BCUT2D eigenvalue weighted by Crippen LogP contribution is -2.27. The van der Waals surface area contributed by atoms with E-state index >= 15 is 0 Å². The lowest BCUT2D eigenvalue weighted by molar-refractivity contribution is 0.0855. The summed E-state index contributed by atoms with van der Waals surface area (Å²) >= 11 is 8.07. The molecule has 0 atom stereocenters. The van der Waals surface area contributed by atoms with Gasteiger partial charge in [-0.1, -0.05) is 23.7 Å². The van der Waals surface area contributed by atoms with E-state index in [0.717, 1.165) is 3.57 Å². The third-order valence-electron chi connectivity index (χ3n) is 2.36. The molecule has 0 aliphatic heterocycles. The molecule has 0 spiro atoms. The molecule has 0 saturated heterocycles. The van der Waals surface area contributed by atoms with Crippen LogP contribution in [0.2, 0.25) is 5.02 Å². The molecule has 5 heteroatoms. The first-order valence-corrected chi connectivity index (χ1v) is 6.58. The molecule has 0 unspecified atom stereocenters. The average molecular weight is 374 g/mol. The Morgan fingerprint density at radius 2 is 1.72 bits per heavy atom. The number of hydrogen-bond acceptors (Lipinski definition) is 2. The van der Waals surface area contributed by atoms with E-state index in [1.165, 1.54) is 0 Å². The summed E-state index contributed by atoms with van der Waals surface area (Å²) in [5.74, 6) is -0.514. The van der Waals surface area contributed by atoms with Crippen molar-refractivity contribution in [2.45, 2.75) is 0 Å². The minimum absolute atomic E-state index is 0.266. The largest absolute Gasteiger partial charge is 0.282 e. The lowest BCUT2D eigenvalue weighted by atomic mass is 10.2. The van der Waals surface area contributed by atoms with E-state index in [4.69, 9.17) is 11.6 Å². The van der Waals surface area contributed by atoms with E-state index in [1.807, 2.05) is 0 Å². The number of benzene rings is 2. The standard InChI is InChI=1S/C13H9ClINO2/c14-11-3-1-2-4-12(11)16(18)13(17)9-5-7-10(15)8-6-9/h1-8,18H. The Labute approximate surface area is 123 Å². The van der Waals surface area contributed by atoms with Gasteiger partial charge >= 0.3 is 0 Å². The molecule has 3 nitrogen and oxygen atoms in total. The molecule has 0 bridgehead atoms. The highest BCUT2D eigenvalue weighted by molar-refractivity contribution is 14.1. The summed E-state index contributed by atoms with van der Waals surface area (Å²) in [4.78, 5) is 12.0. The Morgan fingerprint density at radius 1 is 1.11 bits per heavy atom. The van der Waals surface area contributed by atoms with Gasteiger partial charge in [0.25, 0.3) is 5.91 Å². The highest BCUT2D eigenvalue weighted by Gasteiger charge is 2.17. The van der Waals surface area contributed by atoms with E-state index in [1.54, 1.807) is 48.5 Å². The van der Waals surface area contributed by atoms with Crippen LogP contribution in [0.4, 0.5) is 5.69 Å². The molecule has 0 heterocycles. The molecule has 0 aromatic heterocycles. The normalized spacial score (nSPS) is 10.2. The third kappa shape index (κ3) is 2.82. The van der Waals surface area contributed by atoms with Crippen molar-refractivity contribution in [1.29, 1.82) is 0 Å². The van der Waals surface area contributed by atoms with Crippen LogP contribution in [-0.2, 0) is 0 Å². The van der Waals surface area contributed by atoms with Gasteiger partial charge in [0, 0.05) is 9.13 Å². The summed E-state index contributed by atoms with van der Waals surface area (Å²) in [7, 11) is 0. The van der Waals surface area contributed by atoms with Gasteiger partial charge < -0.3 is 0 Å². The minimum atomic E-state index is -0.514. The zero-order chi connectivity index (χ0) is 13.1. The van der Waals surface area contributed by atoms with Crippen LogP contribution >= 0.6 is 34.2 Å². The van der Waals surface area contributed by atoms with Crippen LogP contribution in [0.25, 0.3) is 0 Å². The van der Waals surface area contributed by atoms with Crippen molar-refractivity contribution in [3.8, 4) is 0 Å². The molecule has 0 saturated carbocycles. The Balaban J connectivity index is 2.29. The number of para-hydroxylation sites is 1. The number of hydrogen-bond donors (Lipinski definition) is 1. The summed E-state index contributed by atoms with van der Waals surface area (Å²) in [6.45, 7) is 0. The van der Waals surface area contributed by atoms with Gasteiger partial charge in [-0.05, 0) is 59.0 Å². The van der Waals surface area contributed by atoms with Gasteiger partial charge in [0.15, 0.2) is 0 Å². The van der Waals surface area contributed by atoms with Gasteiger partial charge in [-0.25, -0.2) is 0 Å². The molecule has 0 aliphatic carbocycles.